The Bertz CT molecular complexity index is 1680. The van der Waals surface area contributed by atoms with Gasteiger partial charge in [-0.3, -0.25) is 4.79 Å². The van der Waals surface area contributed by atoms with E-state index in [0.717, 1.165) is 14.5 Å². The topological polar surface area (TPSA) is 93.4 Å². The van der Waals surface area contributed by atoms with Crippen molar-refractivity contribution in [2.24, 2.45) is 5.10 Å². The molecule has 0 saturated heterocycles. The van der Waals surface area contributed by atoms with Crippen molar-refractivity contribution in [1.29, 1.82) is 5.26 Å². The van der Waals surface area contributed by atoms with Gasteiger partial charge >= 0.3 is 0 Å². The SMILES string of the molecule is N#CCOc1ccc(C=Nn2c(-c3cc4cc(Cl)ccc4o3)nc3ccccc3c2=O)cc1I. The number of hydrogen-bond donors (Lipinski definition) is 0. The fourth-order valence-corrected chi connectivity index (χ4v) is 4.34. The summed E-state index contributed by atoms with van der Waals surface area (Å²) in [5.41, 5.74) is 1.59. The van der Waals surface area contributed by atoms with Crippen LogP contribution in [0.25, 0.3) is 33.5 Å². The predicted molar refractivity (Wildman–Crippen MR) is 139 cm³/mol. The van der Waals surface area contributed by atoms with Crippen molar-refractivity contribution >= 4 is 62.3 Å². The van der Waals surface area contributed by atoms with E-state index in [1.165, 1.54) is 4.68 Å². The quantitative estimate of drug-likeness (QED) is 0.192. The van der Waals surface area contributed by atoms with Crippen molar-refractivity contribution in [3.05, 3.63) is 91.2 Å². The second kappa shape index (κ2) is 9.29. The third-order valence-electron chi connectivity index (χ3n) is 5.02. The van der Waals surface area contributed by atoms with E-state index < -0.39 is 0 Å². The van der Waals surface area contributed by atoms with Crippen molar-refractivity contribution in [2.75, 3.05) is 6.61 Å². The lowest BCUT2D eigenvalue weighted by molar-refractivity contribution is 0.365. The van der Waals surface area contributed by atoms with E-state index >= 15 is 0 Å². The van der Waals surface area contributed by atoms with Crippen molar-refractivity contribution in [3.8, 4) is 23.4 Å². The highest BCUT2D eigenvalue weighted by Gasteiger charge is 2.16. The normalized spacial score (nSPS) is 11.3. The molecule has 0 spiro atoms. The van der Waals surface area contributed by atoms with Crippen molar-refractivity contribution in [2.45, 2.75) is 0 Å². The van der Waals surface area contributed by atoms with Crippen LogP contribution in [0.5, 0.6) is 5.75 Å². The molecule has 166 valence electrons. The minimum atomic E-state index is -0.320. The monoisotopic (exact) mass is 580 g/mol. The van der Waals surface area contributed by atoms with Crippen LogP contribution in [0, 0.1) is 14.9 Å². The number of fused-ring (bicyclic) bond motifs is 2. The molecule has 0 aliphatic carbocycles. The Balaban J connectivity index is 1.64. The van der Waals surface area contributed by atoms with Crippen LogP contribution in [0.1, 0.15) is 5.56 Å². The van der Waals surface area contributed by atoms with E-state index in [-0.39, 0.29) is 18.0 Å². The van der Waals surface area contributed by atoms with Crippen LogP contribution in [0.15, 0.2) is 81.0 Å². The number of para-hydroxylation sites is 1. The zero-order chi connectivity index (χ0) is 23.7. The Labute approximate surface area is 212 Å². The molecule has 0 saturated carbocycles. The highest BCUT2D eigenvalue weighted by Crippen LogP contribution is 2.29. The van der Waals surface area contributed by atoms with E-state index in [1.54, 1.807) is 60.8 Å². The fourth-order valence-electron chi connectivity index (χ4n) is 3.46. The second-order valence-corrected chi connectivity index (χ2v) is 8.84. The maximum absolute atomic E-state index is 13.3. The lowest BCUT2D eigenvalue weighted by Crippen LogP contribution is -2.20. The minimum Gasteiger partial charge on any atom is -0.478 e. The Morgan fingerprint density at radius 1 is 1.18 bits per heavy atom. The van der Waals surface area contributed by atoms with Gasteiger partial charge < -0.3 is 9.15 Å². The smallest absolute Gasteiger partial charge is 0.282 e. The molecule has 0 unspecified atom stereocenters. The first-order valence-electron chi connectivity index (χ1n) is 10.1. The molecule has 5 aromatic rings. The second-order valence-electron chi connectivity index (χ2n) is 7.24. The molecular formula is C25H14ClIN4O3. The summed E-state index contributed by atoms with van der Waals surface area (Å²) in [4.78, 5) is 18.0. The molecule has 3 aromatic carbocycles. The van der Waals surface area contributed by atoms with Crippen LogP contribution in [0.3, 0.4) is 0 Å². The number of aromatic nitrogens is 2. The Morgan fingerprint density at radius 2 is 2.03 bits per heavy atom. The van der Waals surface area contributed by atoms with Crippen LogP contribution in [-0.2, 0) is 0 Å². The van der Waals surface area contributed by atoms with Crippen LogP contribution in [-0.4, -0.2) is 22.5 Å². The maximum Gasteiger partial charge on any atom is 0.282 e. The fraction of sp³-hybridized carbons (Fsp3) is 0.0400. The Hall–Kier alpha value is -3.68. The maximum atomic E-state index is 13.3. The van der Waals surface area contributed by atoms with Gasteiger partial charge in [-0.15, -0.1) is 0 Å². The highest BCUT2D eigenvalue weighted by atomic mass is 127. The van der Waals surface area contributed by atoms with E-state index in [4.69, 9.17) is 26.0 Å². The summed E-state index contributed by atoms with van der Waals surface area (Å²) >= 11 is 8.24. The van der Waals surface area contributed by atoms with Crippen LogP contribution in [0.2, 0.25) is 5.02 Å². The summed E-state index contributed by atoms with van der Waals surface area (Å²) in [5.74, 6) is 1.27. The largest absolute Gasteiger partial charge is 0.478 e. The molecule has 0 atom stereocenters. The van der Waals surface area contributed by atoms with Gasteiger partial charge in [0.1, 0.15) is 17.4 Å². The first kappa shape index (κ1) is 22.1. The Kier molecular flexibility index (Phi) is 6.04. The van der Waals surface area contributed by atoms with Crippen molar-refractivity contribution in [1.82, 2.24) is 9.66 Å². The third kappa shape index (κ3) is 4.27. The molecule has 0 aliphatic rings. The molecule has 5 rings (SSSR count). The van der Waals surface area contributed by atoms with Gasteiger partial charge in [-0.1, -0.05) is 23.7 Å². The number of hydrogen-bond acceptors (Lipinski definition) is 6. The third-order valence-corrected chi connectivity index (χ3v) is 6.10. The van der Waals surface area contributed by atoms with Crippen LogP contribution >= 0.6 is 34.2 Å². The van der Waals surface area contributed by atoms with Gasteiger partial charge in [-0.2, -0.15) is 15.0 Å². The van der Waals surface area contributed by atoms with Crippen LogP contribution in [0.4, 0.5) is 0 Å². The summed E-state index contributed by atoms with van der Waals surface area (Å²) in [6.45, 7) is -0.0341. The summed E-state index contributed by atoms with van der Waals surface area (Å²) in [6, 6.07) is 21.5. The van der Waals surface area contributed by atoms with Crippen molar-refractivity contribution < 1.29 is 9.15 Å². The number of furan rings is 1. The summed E-state index contributed by atoms with van der Waals surface area (Å²) in [6.07, 6.45) is 1.57. The molecule has 0 aliphatic heterocycles. The van der Waals surface area contributed by atoms with Gasteiger partial charge in [0.15, 0.2) is 12.4 Å². The van der Waals surface area contributed by atoms with Crippen LogP contribution < -0.4 is 10.3 Å². The van der Waals surface area contributed by atoms with Crippen molar-refractivity contribution in [3.63, 3.8) is 0 Å². The molecule has 7 nitrogen and oxygen atoms in total. The van der Waals surface area contributed by atoms with E-state index in [0.29, 0.717) is 33.0 Å². The van der Waals surface area contributed by atoms with E-state index in [2.05, 4.69) is 32.7 Å². The summed E-state index contributed by atoms with van der Waals surface area (Å²) in [7, 11) is 0. The lowest BCUT2D eigenvalue weighted by Gasteiger charge is -2.08. The zero-order valence-corrected chi connectivity index (χ0v) is 20.3. The first-order valence-corrected chi connectivity index (χ1v) is 11.5. The average molecular weight is 581 g/mol. The summed E-state index contributed by atoms with van der Waals surface area (Å²) < 4.78 is 13.4. The van der Waals surface area contributed by atoms with E-state index in [9.17, 15) is 4.79 Å². The van der Waals surface area contributed by atoms with Gasteiger partial charge in [0.2, 0.25) is 5.82 Å². The van der Waals surface area contributed by atoms with Gasteiger partial charge in [0.25, 0.3) is 5.56 Å². The first-order chi connectivity index (χ1) is 16.5. The molecule has 2 heterocycles. The molecule has 0 amide bonds. The zero-order valence-electron chi connectivity index (χ0n) is 17.4. The highest BCUT2D eigenvalue weighted by molar-refractivity contribution is 14.1. The van der Waals surface area contributed by atoms with E-state index in [1.807, 2.05) is 18.2 Å². The Morgan fingerprint density at radius 3 is 2.85 bits per heavy atom. The lowest BCUT2D eigenvalue weighted by atomic mass is 10.2. The van der Waals surface area contributed by atoms with Gasteiger partial charge in [-0.25, -0.2) is 4.98 Å². The number of benzene rings is 3. The molecule has 0 bridgehead atoms. The molecule has 2 aromatic heterocycles. The number of nitrogens with zero attached hydrogens (tertiary/aromatic N) is 4. The van der Waals surface area contributed by atoms with Gasteiger partial charge in [-0.05, 0) is 82.8 Å². The average Bonchev–Trinajstić information content (AvgIpc) is 3.26. The predicted octanol–water partition coefficient (Wildman–Crippen LogP) is 5.85. The minimum absolute atomic E-state index is 0.0341. The molecule has 9 heteroatoms. The molecule has 34 heavy (non-hydrogen) atoms. The van der Waals surface area contributed by atoms with Gasteiger partial charge in [0, 0.05) is 10.4 Å². The number of rotatable bonds is 5. The molecular weight excluding hydrogens is 567 g/mol. The molecule has 0 fully saturated rings. The number of ether oxygens (including phenoxy) is 1. The summed E-state index contributed by atoms with van der Waals surface area (Å²) in [5, 5.41) is 15.0. The number of halogens is 2. The standard InChI is InChI=1S/C25H14ClIN4O3/c26-17-6-8-21-16(12-17)13-23(34-21)24-30-20-4-2-1-3-18(20)25(32)31(24)29-14-15-5-7-22(19(27)11-15)33-10-9-28/h1-8,11-14H,10H2. The van der Waals surface area contributed by atoms with Gasteiger partial charge in [0.05, 0.1) is 20.7 Å². The molecule has 0 radical (unpaired) electrons. The molecule has 0 N–H and O–H groups in total. The number of nitriles is 1.